The highest BCUT2D eigenvalue weighted by Gasteiger charge is 2.26. The van der Waals surface area contributed by atoms with Crippen molar-refractivity contribution in [2.45, 2.75) is 25.5 Å². The van der Waals surface area contributed by atoms with E-state index in [1.807, 2.05) is 42.5 Å². The number of likely N-dealkylation sites (tertiary alicyclic amines) is 1. The molecule has 6 nitrogen and oxygen atoms in total. The number of hydrogen-bond acceptors (Lipinski definition) is 5. The third kappa shape index (κ3) is 5.34. The molecule has 0 bridgehead atoms. The number of nitrogens with one attached hydrogen (secondary N) is 1. The van der Waals surface area contributed by atoms with E-state index in [9.17, 15) is 4.79 Å². The van der Waals surface area contributed by atoms with Gasteiger partial charge < -0.3 is 19.2 Å². The number of methoxy groups -OCH3 is 1. The van der Waals surface area contributed by atoms with E-state index in [4.69, 9.17) is 13.9 Å². The van der Waals surface area contributed by atoms with Gasteiger partial charge in [0.05, 0.1) is 23.9 Å². The van der Waals surface area contributed by atoms with Crippen LogP contribution in [0.15, 0.2) is 69.8 Å². The molecule has 1 N–H and O–H groups in total. The van der Waals surface area contributed by atoms with Crippen LogP contribution in [0.3, 0.4) is 0 Å². The van der Waals surface area contributed by atoms with E-state index in [1.165, 1.54) is 12.8 Å². The average molecular weight is 499 g/mol. The number of carbonyl (C=O) groups is 1. The molecule has 1 fully saturated rings. The molecule has 1 atom stereocenters. The van der Waals surface area contributed by atoms with Crippen molar-refractivity contribution in [3.05, 3.63) is 82.2 Å². The molecule has 0 spiro atoms. The molecule has 1 aliphatic heterocycles. The highest BCUT2D eigenvalue weighted by Crippen LogP contribution is 2.37. The van der Waals surface area contributed by atoms with Gasteiger partial charge in [-0.2, -0.15) is 0 Å². The van der Waals surface area contributed by atoms with Crippen LogP contribution in [0.25, 0.3) is 0 Å². The fraction of sp³-hybridized carbons (Fsp3) is 0.320. The summed E-state index contributed by atoms with van der Waals surface area (Å²) in [5.41, 5.74) is 1.55. The van der Waals surface area contributed by atoms with Crippen LogP contribution in [0.1, 0.15) is 40.6 Å². The lowest BCUT2D eigenvalue weighted by Gasteiger charge is -2.26. The van der Waals surface area contributed by atoms with Gasteiger partial charge in [0.15, 0.2) is 11.5 Å². The number of ether oxygens (including phenoxy) is 2. The highest BCUT2D eigenvalue weighted by atomic mass is 79.9. The van der Waals surface area contributed by atoms with Gasteiger partial charge in [0.2, 0.25) is 0 Å². The number of amides is 1. The molecule has 2 aromatic carbocycles. The van der Waals surface area contributed by atoms with E-state index in [-0.39, 0.29) is 11.9 Å². The van der Waals surface area contributed by atoms with Crippen molar-refractivity contribution in [1.29, 1.82) is 0 Å². The Morgan fingerprint density at radius 3 is 2.62 bits per heavy atom. The SMILES string of the molecule is COc1cc(C(=O)NC[C@@H](c2ccco2)N2CCCC2)cc(Br)c1OCc1ccccc1. The summed E-state index contributed by atoms with van der Waals surface area (Å²) in [6, 6.07) is 17.2. The smallest absolute Gasteiger partial charge is 0.251 e. The van der Waals surface area contributed by atoms with Gasteiger partial charge in [-0.1, -0.05) is 30.3 Å². The van der Waals surface area contributed by atoms with Crippen LogP contribution in [0.5, 0.6) is 11.5 Å². The van der Waals surface area contributed by atoms with Gasteiger partial charge in [-0.25, -0.2) is 0 Å². The Bertz CT molecular complexity index is 1020. The highest BCUT2D eigenvalue weighted by molar-refractivity contribution is 9.10. The third-order valence-corrected chi connectivity index (χ3v) is 6.22. The first-order valence-corrected chi connectivity index (χ1v) is 11.5. The first-order valence-electron chi connectivity index (χ1n) is 10.8. The van der Waals surface area contributed by atoms with E-state index in [1.54, 1.807) is 25.5 Å². The zero-order chi connectivity index (χ0) is 22.3. The second kappa shape index (κ2) is 10.7. The van der Waals surface area contributed by atoms with Crippen LogP contribution in [0.2, 0.25) is 0 Å². The molecule has 0 radical (unpaired) electrons. The molecule has 3 aromatic rings. The molecular formula is C25H27BrN2O4. The number of carbonyl (C=O) groups excluding carboxylic acids is 1. The monoisotopic (exact) mass is 498 g/mol. The Balaban J connectivity index is 1.45. The summed E-state index contributed by atoms with van der Waals surface area (Å²) in [5, 5.41) is 3.06. The Morgan fingerprint density at radius 2 is 1.94 bits per heavy atom. The van der Waals surface area contributed by atoms with Gasteiger partial charge in [-0.15, -0.1) is 0 Å². The molecule has 4 rings (SSSR count). The van der Waals surface area contributed by atoms with E-state index < -0.39 is 0 Å². The number of furan rings is 1. The van der Waals surface area contributed by atoms with Crippen LogP contribution in [-0.2, 0) is 6.61 Å². The van der Waals surface area contributed by atoms with Crippen molar-refractivity contribution in [2.75, 3.05) is 26.7 Å². The predicted molar refractivity (Wildman–Crippen MR) is 126 cm³/mol. The Hall–Kier alpha value is -2.77. The molecule has 7 heteroatoms. The van der Waals surface area contributed by atoms with E-state index in [0.29, 0.717) is 34.7 Å². The maximum atomic E-state index is 13.0. The van der Waals surface area contributed by atoms with Crippen LogP contribution < -0.4 is 14.8 Å². The zero-order valence-corrected chi connectivity index (χ0v) is 19.6. The summed E-state index contributed by atoms with van der Waals surface area (Å²) >= 11 is 3.54. The minimum Gasteiger partial charge on any atom is -0.493 e. The van der Waals surface area contributed by atoms with Crippen molar-refractivity contribution in [2.24, 2.45) is 0 Å². The lowest BCUT2D eigenvalue weighted by molar-refractivity contribution is 0.0933. The number of halogens is 1. The summed E-state index contributed by atoms with van der Waals surface area (Å²) in [7, 11) is 1.57. The number of benzene rings is 2. The van der Waals surface area contributed by atoms with Gasteiger partial charge in [0.1, 0.15) is 12.4 Å². The van der Waals surface area contributed by atoms with E-state index >= 15 is 0 Å². The summed E-state index contributed by atoms with van der Waals surface area (Å²) in [4.78, 5) is 15.3. The van der Waals surface area contributed by atoms with Crippen LogP contribution in [0, 0.1) is 0 Å². The maximum Gasteiger partial charge on any atom is 0.251 e. The molecule has 2 heterocycles. The van der Waals surface area contributed by atoms with Crippen LogP contribution >= 0.6 is 15.9 Å². The number of rotatable bonds is 9. The third-order valence-electron chi connectivity index (χ3n) is 5.63. The van der Waals surface area contributed by atoms with Gasteiger partial charge in [-0.05, 0) is 71.7 Å². The lowest BCUT2D eigenvalue weighted by Crippen LogP contribution is -2.36. The molecule has 0 unspecified atom stereocenters. The topological polar surface area (TPSA) is 63.9 Å². The maximum absolute atomic E-state index is 13.0. The summed E-state index contributed by atoms with van der Waals surface area (Å²) in [5.74, 6) is 1.77. The van der Waals surface area contributed by atoms with Gasteiger partial charge in [0, 0.05) is 12.1 Å². The molecule has 1 aliphatic rings. The van der Waals surface area contributed by atoms with Crippen molar-refractivity contribution < 1.29 is 18.7 Å². The largest absolute Gasteiger partial charge is 0.493 e. The van der Waals surface area contributed by atoms with E-state index in [2.05, 4.69) is 26.1 Å². The summed E-state index contributed by atoms with van der Waals surface area (Å²) in [6.07, 6.45) is 4.01. The van der Waals surface area contributed by atoms with Gasteiger partial charge >= 0.3 is 0 Å². The number of hydrogen-bond donors (Lipinski definition) is 1. The Morgan fingerprint density at radius 1 is 1.16 bits per heavy atom. The fourth-order valence-corrected chi connectivity index (χ4v) is 4.51. The van der Waals surface area contributed by atoms with E-state index in [0.717, 1.165) is 24.4 Å². The van der Waals surface area contributed by atoms with Crippen molar-refractivity contribution in [3.63, 3.8) is 0 Å². The standard InChI is InChI=1S/C25H27BrN2O4/c1-30-23-15-19(14-20(26)24(23)32-17-18-8-3-2-4-9-18)25(29)27-16-21(22-10-7-13-31-22)28-11-5-6-12-28/h2-4,7-10,13-15,21H,5-6,11-12,16-17H2,1H3,(H,27,29)/t21-/m0/s1. The molecule has 1 aromatic heterocycles. The van der Waals surface area contributed by atoms with Crippen molar-refractivity contribution in [1.82, 2.24) is 10.2 Å². The normalized spacial score (nSPS) is 14.8. The second-order valence-electron chi connectivity index (χ2n) is 7.75. The van der Waals surface area contributed by atoms with Crippen LogP contribution in [0.4, 0.5) is 0 Å². The summed E-state index contributed by atoms with van der Waals surface area (Å²) in [6.45, 7) is 2.89. The van der Waals surface area contributed by atoms with Crippen molar-refractivity contribution in [3.8, 4) is 11.5 Å². The zero-order valence-electron chi connectivity index (χ0n) is 18.1. The minimum absolute atomic E-state index is 0.0234. The molecule has 0 aliphatic carbocycles. The molecule has 32 heavy (non-hydrogen) atoms. The number of nitrogens with zero attached hydrogens (tertiary/aromatic N) is 1. The first-order chi connectivity index (χ1) is 15.7. The molecular weight excluding hydrogens is 472 g/mol. The molecule has 168 valence electrons. The second-order valence-corrected chi connectivity index (χ2v) is 8.60. The summed E-state index contributed by atoms with van der Waals surface area (Å²) < 4.78 is 17.8. The van der Waals surface area contributed by atoms with Gasteiger partial charge in [0.25, 0.3) is 5.91 Å². The van der Waals surface area contributed by atoms with Crippen molar-refractivity contribution >= 4 is 21.8 Å². The molecule has 1 amide bonds. The average Bonchev–Trinajstić information content (AvgIpc) is 3.54. The predicted octanol–water partition coefficient (Wildman–Crippen LogP) is 5.20. The van der Waals surface area contributed by atoms with Crippen LogP contribution in [-0.4, -0.2) is 37.6 Å². The Labute approximate surface area is 196 Å². The van der Waals surface area contributed by atoms with Gasteiger partial charge in [-0.3, -0.25) is 9.69 Å². The first kappa shape index (κ1) is 22.4. The fourth-order valence-electron chi connectivity index (χ4n) is 3.96. The minimum atomic E-state index is -0.172. The quantitative estimate of drug-likeness (QED) is 0.439. The molecule has 1 saturated heterocycles. The molecule has 0 saturated carbocycles. The lowest BCUT2D eigenvalue weighted by atomic mass is 10.1. The Kier molecular flexibility index (Phi) is 7.50.